The molecule has 0 bridgehead atoms. The van der Waals surface area contributed by atoms with Crippen molar-refractivity contribution in [2.24, 2.45) is 0 Å². The maximum absolute atomic E-state index is 5.65. The van der Waals surface area contributed by atoms with Gasteiger partial charge in [0, 0.05) is 17.3 Å². The van der Waals surface area contributed by atoms with Gasteiger partial charge in [0.1, 0.15) is 0 Å². The smallest absolute Gasteiger partial charge is 0.0924 e. The van der Waals surface area contributed by atoms with E-state index in [1.807, 2.05) is 41.2 Å². The third kappa shape index (κ3) is 1.32. The molecular weight excluding hydrogens is 200 g/mol. The molecule has 0 unspecified atom stereocenters. The molecule has 4 nitrogen and oxygen atoms in total. The van der Waals surface area contributed by atoms with E-state index in [0.29, 0.717) is 0 Å². The summed E-state index contributed by atoms with van der Waals surface area (Å²) in [5.41, 5.74) is 8.38. The molecule has 0 atom stereocenters. The van der Waals surface area contributed by atoms with Crippen molar-refractivity contribution in [3.05, 3.63) is 48.9 Å². The Hall–Kier alpha value is -2.36. The second-order valence-electron chi connectivity index (χ2n) is 3.58. The molecule has 0 aliphatic carbocycles. The molecule has 0 aliphatic rings. The van der Waals surface area contributed by atoms with Crippen LogP contribution in [0, 0.1) is 0 Å². The molecule has 78 valence electrons. The molecule has 0 fully saturated rings. The third-order valence-corrected chi connectivity index (χ3v) is 2.51. The lowest BCUT2D eigenvalue weighted by atomic mass is 10.3. The lowest BCUT2D eigenvalue weighted by Gasteiger charge is -2.03. The van der Waals surface area contributed by atoms with Crippen molar-refractivity contribution in [1.29, 1.82) is 0 Å². The van der Waals surface area contributed by atoms with E-state index in [1.54, 1.807) is 12.4 Å². The van der Waals surface area contributed by atoms with Crippen LogP contribution in [-0.2, 0) is 0 Å². The van der Waals surface area contributed by atoms with Gasteiger partial charge in [-0.15, -0.1) is 0 Å². The van der Waals surface area contributed by atoms with Crippen molar-refractivity contribution < 1.29 is 0 Å². The first-order valence-electron chi connectivity index (χ1n) is 4.98. The fourth-order valence-corrected chi connectivity index (χ4v) is 1.69. The van der Waals surface area contributed by atoms with E-state index in [2.05, 4.69) is 10.1 Å². The molecule has 1 aromatic carbocycles. The van der Waals surface area contributed by atoms with Crippen molar-refractivity contribution in [2.75, 3.05) is 5.73 Å². The number of pyridine rings is 1. The summed E-state index contributed by atoms with van der Waals surface area (Å²) in [6.07, 6.45) is 5.39. The first kappa shape index (κ1) is 8.91. The molecule has 0 saturated heterocycles. The van der Waals surface area contributed by atoms with Gasteiger partial charge < -0.3 is 5.73 Å². The van der Waals surface area contributed by atoms with E-state index in [9.17, 15) is 0 Å². The lowest BCUT2D eigenvalue weighted by molar-refractivity contribution is 0.909. The number of benzene rings is 1. The average molecular weight is 210 g/mol. The molecular formula is C12H10N4. The summed E-state index contributed by atoms with van der Waals surface area (Å²) in [6, 6.07) is 9.54. The third-order valence-electron chi connectivity index (χ3n) is 2.51. The average Bonchev–Trinajstić information content (AvgIpc) is 2.74. The molecule has 0 amide bonds. The highest BCUT2D eigenvalue weighted by Crippen LogP contribution is 2.17. The molecule has 2 aromatic heterocycles. The van der Waals surface area contributed by atoms with E-state index in [1.165, 1.54) is 0 Å². The molecule has 4 heteroatoms. The van der Waals surface area contributed by atoms with Crippen molar-refractivity contribution in [1.82, 2.24) is 14.8 Å². The van der Waals surface area contributed by atoms with Gasteiger partial charge in [-0.2, -0.15) is 5.10 Å². The fraction of sp³-hybridized carbons (Fsp3) is 0. The van der Waals surface area contributed by atoms with E-state index >= 15 is 0 Å². The largest absolute Gasteiger partial charge is 0.399 e. The van der Waals surface area contributed by atoms with Gasteiger partial charge in [0.2, 0.25) is 0 Å². The zero-order chi connectivity index (χ0) is 11.0. The van der Waals surface area contributed by atoms with Gasteiger partial charge >= 0.3 is 0 Å². The number of anilines is 1. The van der Waals surface area contributed by atoms with Crippen LogP contribution in [0.15, 0.2) is 48.9 Å². The molecule has 16 heavy (non-hydrogen) atoms. The van der Waals surface area contributed by atoms with E-state index in [-0.39, 0.29) is 0 Å². The minimum absolute atomic E-state index is 0.748. The molecule has 0 saturated carbocycles. The van der Waals surface area contributed by atoms with E-state index in [0.717, 1.165) is 22.3 Å². The number of hydrogen-bond acceptors (Lipinski definition) is 3. The molecule has 3 aromatic rings. The van der Waals surface area contributed by atoms with Crippen LogP contribution in [0.1, 0.15) is 0 Å². The molecule has 3 rings (SSSR count). The van der Waals surface area contributed by atoms with Crippen LogP contribution in [0.25, 0.3) is 16.6 Å². The maximum atomic E-state index is 5.65. The Balaban J connectivity index is 2.22. The Morgan fingerprint density at radius 1 is 1.00 bits per heavy atom. The summed E-state index contributed by atoms with van der Waals surface area (Å²) in [5.74, 6) is 0. The highest BCUT2D eigenvalue weighted by Gasteiger charge is 2.03. The Kier molecular flexibility index (Phi) is 1.86. The first-order valence-corrected chi connectivity index (χ1v) is 4.98. The zero-order valence-corrected chi connectivity index (χ0v) is 8.54. The number of rotatable bonds is 1. The molecule has 2 heterocycles. The Labute approximate surface area is 92.3 Å². The van der Waals surface area contributed by atoms with Crippen LogP contribution < -0.4 is 5.73 Å². The molecule has 2 N–H and O–H groups in total. The van der Waals surface area contributed by atoms with Crippen LogP contribution in [-0.4, -0.2) is 14.8 Å². The van der Waals surface area contributed by atoms with Gasteiger partial charge in [0.05, 0.1) is 23.6 Å². The van der Waals surface area contributed by atoms with Crippen molar-refractivity contribution in [3.8, 4) is 5.69 Å². The van der Waals surface area contributed by atoms with Gasteiger partial charge in [-0.05, 0) is 30.3 Å². The minimum atomic E-state index is 0.748. The van der Waals surface area contributed by atoms with Crippen molar-refractivity contribution in [3.63, 3.8) is 0 Å². The number of nitrogens with zero attached hydrogens (tertiary/aromatic N) is 3. The van der Waals surface area contributed by atoms with Crippen molar-refractivity contribution in [2.45, 2.75) is 0 Å². The summed E-state index contributed by atoms with van der Waals surface area (Å²) in [7, 11) is 0. The van der Waals surface area contributed by atoms with E-state index < -0.39 is 0 Å². The summed E-state index contributed by atoms with van der Waals surface area (Å²) >= 11 is 0. The predicted molar refractivity (Wildman–Crippen MR) is 63.3 cm³/mol. The van der Waals surface area contributed by atoms with Crippen LogP contribution in [0.2, 0.25) is 0 Å². The maximum Gasteiger partial charge on any atom is 0.0924 e. The summed E-state index contributed by atoms with van der Waals surface area (Å²) in [6.45, 7) is 0. The second-order valence-corrected chi connectivity index (χ2v) is 3.58. The fourth-order valence-electron chi connectivity index (χ4n) is 1.69. The zero-order valence-electron chi connectivity index (χ0n) is 8.54. The number of aromatic nitrogens is 3. The van der Waals surface area contributed by atoms with Gasteiger partial charge in [-0.3, -0.25) is 4.98 Å². The van der Waals surface area contributed by atoms with Crippen LogP contribution in [0.4, 0.5) is 5.69 Å². The Morgan fingerprint density at radius 2 is 1.81 bits per heavy atom. The summed E-state index contributed by atoms with van der Waals surface area (Å²) in [5, 5.41) is 5.41. The number of nitrogens with two attached hydrogens (primary N) is 1. The molecule has 0 radical (unpaired) electrons. The standard InChI is InChI=1S/C12H10N4/c13-10-1-3-11(4-2-10)16-12-8-14-6-5-9(12)7-15-16/h1-8H,13H2. The monoisotopic (exact) mass is 210 g/mol. The van der Waals surface area contributed by atoms with Crippen LogP contribution in [0.3, 0.4) is 0 Å². The number of nitrogen functional groups attached to an aromatic ring is 1. The lowest BCUT2D eigenvalue weighted by Crippen LogP contribution is -1.96. The summed E-state index contributed by atoms with van der Waals surface area (Å²) < 4.78 is 1.85. The topological polar surface area (TPSA) is 56.7 Å². The number of hydrogen-bond donors (Lipinski definition) is 1. The first-order chi connectivity index (χ1) is 7.84. The molecule has 0 spiro atoms. The van der Waals surface area contributed by atoms with Crippen LogP contribution in [0.5, 0.6) is 0 Å². The normalized spacial score (nSPS) is 10.8. The highest BCUT2D eigenvalue weighted by atomic mass is 15.3. The summed E-state index contributed by atoms with van der Waals surface area (Å²) in [4.78, 5) is 4.10. The van der Waals surface area contributed by atoms with Crippen molar-refractivity contribution >= 4 is 16.6 Å². The van der Waals surface area contributed by atoms with E-state index in [4.69, 9.17) is 5.73 Å². The Bertz CT molecular complexity index is 625. The highest BCUT2D eigenvalue weighted by molar-refractivity contribution is 5.79. The Morgan fingerprint density at radius 3 is 2.62 bits per heavy atom. The number of fused-ring (bicyclic) bond motifs is 1. The minimum Gasteiger partial charge on any atom is -0.399 e. The second kappa shape index (κ2) is 3.34. The van der Waals surface area contributed by atoms with Gasteiger partial charge in [-0.1, -0.05) is 0 Å². The molecule has 0 aliphatic heterocycles. The van der Waals surface area contributed by atoms with Gasteiger partial charge in [0.25, 0.3) is 0 Å². The van der Waals surface area contributed by atoms with Gasteiger partial charge in [-0.25, -0.2) is 4.68 Å². The van der Waals surface area contributed by atoms with Gasteiger partial charge in [0.15, 0.2) is 0 Å². The SMILES string of the molecule is Nc1ccc(-n2ncc3ccncc32)cc1. The quantitative estimate of drug-likeness (QED) is 0.625. The van der Waals surface area contributed by atoms with Crippen LogP contribution >= 0.6 is 0 Å². The predicted octanol–water partition coefficient (Wildman–Crippen LogP) is 2.00.